The molecule has 0 saturated heterocycles. The highest BCUT2D eigenvalue weighted by Crippen LogP contribution is 2.25. The average molecular weight is 403 g/mol. The van der Waals surface area contributed by atoms with E-state index < -0.39 is 0 Å². The summed E-state index contributed by atoms with van der Waals surface area (Å²) in [7, 11) is 3.67. The molecule has 3 rings (SSSR count). The molecule has 27 heavy (non-hydrogen) atoms. The van der Waals surface area contributed by atoms with Gasteiger partial charge in [0.25, 0.3) is 5.91 Å². The van der Waals surface area contributed by atoms with E-state index >= 15 is 0 Å². The maximum atomic E-state index is 12.2. The summed E-state index contributed by atoms with van der Waals surface area (Å²) in [6.07, 6.45) is 0. The minimum absolute atomic E-state index is 0.205. The fourth-order valence-corrected chi connectivity index (χ4v) is 3.41. The summed E-state index contributed by atoms with van der Waals surface area (Å²) in [6, 6.07) is 12.4. The van der Waals surface area contributed by atoms with Gasteiger partial charge in [0.15, 0.2) is 5.76 Å². The van der Waals surface area contributed by atoms with Gasteiger partial charge in [-0.3, -0.25) is 10.2 Å². The maximum absolute atomic E-state index is 12.2. The van der Waals surface area contributed by atoms with Gasteiger partial charge in [-0.2, -0.15) is 0 Å². The average Bonchev–Trinajstić information content (AvgIpc) is 3.30. The normalized spacial score (nSPS) is 11.9. The number of halogens is 1. The first-order valence-corrected chi connectivity index (χ1v) is 9.44. The Hall–Kier alpha value is -2.64. The Kier molecular flexibility index (Phi) is 5.62. The number of amides is 1. The second kappa shape index (κ2) is 7.94. The number of thiophene rings is 1. The molecule has 1 atom stereocenters. The summed E-state index contributed by atoms with van der Waals surface area (Å²) in [5, 5.41) is 15.0. The van der Waals surface area contributed by atoms with E-state index in [1.807, 2.05) is 45.3 Å². The van der Waals surface area contributed by atoms with Crippen LogP contribution in [0.1, 0.15) is 34.0 Å². The first kappa shape index (κ1) is 19.1. The number of hydrogen-bond donors (Lipinski definition) is 2. The molecule has 0 radical (unpaired) electrons. The van der Waals surface area contributed by atoms with Crippen molar-refractivity contribution >= 4 is 34.7 Å². The third-order valence-corrected chi connectivity index (χ3v) is 5.23. The molecule has 0 bridgehead atoms. The molecule has 0 unspecified atom stereocenters. The van der Waals surface area contributed by atoms with Crippen molar-refractivity contribution in [1.82, 2.24) is 15.4 Å². The highest BCUT2D eigenvalue weighted by molar-refractivity contribution is 7.18. The molecule has 0 spiro atoms. The molecule has 0 aliphatic heterocycles. The lowest BCUT2D eigenvalue weighted by molar-refractivity contribution is 0.0938. The van der Waals surface area contributed by atoms with Crippen molar-refractivity contribution in [2.24, 2.45) is 0 Å². The number of nitrogens with one attached hydrogen (secondary N) is 2. The number of benzene rings is 1. The number of hydrogen-bond acceptors (Lipinski definition) is 5. The summed E-state index contributed by atoms with van der Waals surface area (Å²) >= 11 is 7.10. The van der Waals surface area contributed by atoms with Gasteiger partial charge in [-0.25, -0.2) is 0 Å². The van der Waals surface area contributed by atoms with Crippen LogP contribution in [0.3, 0.4) is 0 Å². The van der Waals surface area contributed by atoms with E-state index in [1.54, 1.807) is 23.1 Å². The van der Waals surface area contributed by atoms with Crippen molar-refractivity contribution in [1.29, 1.82) is 5.41 Å². The molecule has 2 heterocycles. The smallest absolute Gasteiger partial charge is 0.261 e. The van der Waals surface area contributed by atoms with Crippen molar-refractivity contribution < 1.29 is 9.32 Å². The molecule has 140 valence electrons. The molecule has 3 aromatic rings. The largest absolute Gasteiger partial charge is 0.363 e. The molecule has 8 heteroatoms. The van der Waals surface area contributed by atoms with Gasteiger partial charge in [0, 0.05) is 31.3 Å². The van der Waals surface area contributed by atoms with Gasteiger partial charge in [-0.1, -0.05) is 41.0 Å². The van der Waals surface area contributed by atoms with E-state index in [9.17, 15) is 4.79 Å². The van der Waals surface area contributed by atoms with Crippen LogP contribution in [0.5, 0.6) is 0 Å². The molecule has 2 aromatic heterocycles. The van der Waals surface area contributed by atoms with Crippen LogP contribution < -0.4 is 5.32 Å². The van der Waals surface area contributed by atoms with Crippen LogP contribution in [0.2, 0.25) is 4.34 Å². The third-order valence-electron chi connectivity index (χ3n) is 4.00. The lowest BCUT2D eigenvalue weighted by Gasteiger charge is -2.13. The lowest BCUT2D eigenvalue weighted by atomic mass is 10.1. The number of carbonyl (C=O) groups is 1. The van der Waals surface area contributed by atoms with Crippen LogP contribution in [-0.4, -0.2) is 35.9 Å². The van der Waals surface area contributed by atoms with Gasteiger partial charge < -0.3 is 14.7 Å². The van der Waals surface area contributed by atoms with Crippen LogP contribution in [0.4, 0.5) is 0 Å². The fraction of sp³-hybridized carbons (Fsp3) is 0.211. The van der Waals surface area contributed by atoms with E-state index in [0.717, 1.165) is 11.1 Å². The van der Waals surface area contributed by atoms with Crippen molar-refractivity contribution in [3.05, 3.63) is 63.0 Å². The highest BCUT2D eigenvalue weighted by Gasteiger charge is 2.18. The van der Waals surface area contributed by atoms with Gasteiger partial charge in [0.2, 0.25) is 0 Å². The molecule has 2 N–H and O–H groups in total. The summed E-state index contributed by atoms with van der Waals surface area (Å²) in [6.45, 7) is 1.83. The van der Waals surface area contributed by atoms with Crippen molar-refractivity contribution in [2.75, 3.05) is 14.1 Å². The predicted molar refractivity (Wildman–Crippen MR) is 108 cm³/mol. The van der Waals surface area contributed by atoms with Gasteiger partial charge in [-0.15, -0.1) is 11.3 Å². The Morgan fingerprint density at radius 1 is 1.26 bits per heavy atom. The van der Waals surface area contributed by atoms with E-state index in [-0.39, 0.29) is 11.9 Å². The Morgan fingerprint density at radius 3 is 2.56 bits per heavy atom. The molecule has 0 aliphatic rings. The Bertz CT molecular complexity index is 962. The monoisotopic (exact) mass is 402 g/mol. The zero-order chi connectivity index (χ0) is 19.6. The SMILES string of the molecule is C[C@@H](NC(=O)c1ccc(Cl)s1)c1cc(-c2ccc(C(=N)N(C)C)cc2)no1. The van der Waals surface area contributed by atoms with E-state index in [1.165, 1.54) is 11.3 Å². The minimum atomic E-state index is -0.333. The number of carbonyl (C=O) groups excluding carboxylic acids is 1. The Morgan fingerprint density at radius 2 is 1.96 bits per heavy atom. The Balaban J connectivity index is 1.70. The number of rotatable bonds is 5. The summed E-state index contributed by atoms with van der Waals surface area (Å²) < 4.78 is 5.97. The molecule has 1 amide bonds. The second-order valence-corrected chi connectivity index (χ2v) is 7.95. The highest BCUT2D eigenvalue weighted by atomic mass is 35.5. The molecule has 0 aliphatic carbocycles. The van der Waals surface area contributed by atoms with Gasteiger partial charge in [-0.05, 0) is 19.1 Å². The topological polar surface area (TPSA) is 82.2 Å². The number of aromatic nitrogens is 1. The number of amidine groups is 1. The first-order chi connectivity index (χ1) is 12.8. The standard InChI is InChI=1S/C19H19ClN4O2S/c1-11(22-19(25)16-8-9-17(20)27-16)15-10-14(23-26-15)12-4-6-13(7-5-12)18(21)24(2)3/h4-11,21H,1-3H3,(H,22,25)/t11-/m1/s1. The van der Waals surface area contributed by atoms with Crippen LogP contribution in [0.15, 0.2) is 47.0 Å². The van der Waals surface area contributed by atoms with Crippen LogP contribution >= 0.6 is 22.9 Å². The van der Waals surface area contributed by atoms with Crippen molar-refractivity contribution in [2.45, 2.75) is 13.0 Å². The zero-order valence-corrected chi connectivity index (χ0v) is 16.7. The van der Waals surface area contributed by atoms with Gasteiger partial charge in [0.1, 0.15) is 11.5 Å². The minimum Gasteiger partial charge on any atom is -0.363 e. The second-order valence-electron chi connectivity index (χ2n) is 6.23. The molecule has 0 fully saturated rings. The van der Waals surface area contributed by atoms with Crippen molar-refractivity contribution in [3.8, 4) is 11.3 Å². The van der Waals surface area contributed by atoms with Gasteiger partial charge in [0.05, 0.1) is 15.3 Å². The number of nitrogens with zero attached hydrogens (tertiary/aromatic N) is 2. The summed E-state index contributed by atoms with van der Waals surface area (Å²) in [5.41, 5.74) is 2.37. The molecule has 6 nitrogen and oxygen atoms in total. The fourth-order valence-electron chi connectivity index (χ4n) is 2.46. The Labute approximate surface area is 166 Å². The van der Waals surface area contributed by atoms with E-state index in [2.05, 4.69) is 10.5 Å². The predicted octanol–water partition coefficient (Wildman–Crippen LogP) is 4.43. The van der Waals surface area contributed by atoms with Crippen LogP contribution in [-0.2, 0) is 0 Å². The molecule has 0 saturated carbocycles. The molecule has 1 aromatic carbocycles. The maximum Gasteiger partial charge on any atom is 0.261 e. The van der Waals surface area contributed by atoms with Crippen LogP contribution in [0.25, 0.3) is 11.3 Å². The zero-order valence-electron chi connectivity index (χ0n) is 15.1. The summed E-state index contributed by atoms with van der Waals surface area (Å²) in [5.74, 6) is 0.794. The summed E-state index contributed by atoms with van der Waals surface area (Å²) in [4.78, 5) is 14.5. The lowest BCUT2D eigenvalue weighted by Crippen LogP contribution is -2.25. The van der Waals surface area contributed by atoms with Crippen LogP contribution in [0, 0.1) is 5.41 Å². The third kappa shape index (κ3) is 4.37. The van der Waals surface area contributed by atoms with Crippen molar-refractivity contribution in [3.63, 3.8) is 0 Å². The van der Waals surface area contributed by atoms with E-state index in [0.29, 0.717) is 26.5 Å². The molecular formula is C19H19ClN4O2S. The van der Waals surface area contributed by atoms with E-state index in [4.69, 9.17) is 21.5 Å². The first-order valence-electron chi connectivity index (χ1n) is 8.24. The van der Waals surface area contributed by atoms with Gasteiger partial charge >= 0.3 is 0 Å². The quantitative estimate of drug-likeness (QED) is 0.488. The molecular weight excluding hydrogens is 384 g/mol.